The van der Waals surface area contributed by atoms with E-state index in [1.807, 2.05) is 26.8 Å². The molecule has 1 rings (SSSR count). The van der Waals surface area contributed by atoms with Crippen molar-refractivity contribution in [2.45, 2.75) is 40.5 Å². The molecule has 1 aromatic rings. The van der Waals surface area contributed by atoms with Crippen LogP contribution in [0.15, 0.2) is 6.07 Å². The number of ketones is 1. The van der Waals surface area contributed by atoms with Crippen LogP contribution < -0.4 is 5.73 Å². The van der Waals surface area contributed by atoms with E-state index < -0.39 is 0 Å². The zero-order valence-corrected chi connectivity index (χ0v) is 10.9. The Kier molecular flexibility index (Phi) is 3.24. The molecule has 0 aromatic carbocycles. The monoisotopic (exact) mass is 225 g/mol. The lowest BCUT2D eigenvalue weighted by molar-refractivity contribution is 0.0859. The van der Waals surface area contributed by atoms with Crippen LogP contribution in [0.4, 0.5) is 5.00 Å². The molecule has 0 bridgehead atoms. The van der Waals surface area contributed by atoms with Gasteiger partial charge in [0, 0.05) is 10.3 Å². The number of carbonyl (C=O) groups excluding carboxylic acids is 1. The Morgan fingerprint density at radius 3 is 2.27 bits per heavy atom. The summed E-state index contributed by atoms with van der Waals surface area (Å²) in [5.74, 6) is 0.557. The van der Waals surface area contributed by atoms with Gasteiger partial charge in [-0.15, -0.1) is 11.3 Å². The van der Waals surface area contributed by atoms with Gasteiger partial charge in [0.15, 0.2) is 5.78 Å². The first kappa shape index (κ1) is 12.2. The van der Waals surface area contributed by atoms with Crippen molar-refractivity contribution in [3.63, 3.8) is 0 Å². The first-order chi connectivity index (χ1) is 6.73. The summed E-state index contributed by atoms with van der Waals surface area (Å²) in [5, 5.41) is 0.652. The van der Waals surface area contributed by atoms with Gasteiger partial charge in [-0.05, 0) is 12.0 Å². The first-order valence-electron chi connectivity index (χ1n) is 5.17. The van der Waals surface area contributed by atoms with E-state index in [1.54, 1.807) is 0 Å². The van der Waals surface area contributed by atoms with Crippen molar-refractivity contribution in [1.29, 1.82) is 0 Å². The lowest BCUT2D eigenvalue weighted by atomic mass is 9.87. The highest BCUT2D eigenvalue weighted by Gasteiger charge is 2.26. The van der Waals surface area contributed by atoms with Crippen molar-refractivity contribution in [3.8, 4) is 0 Å². The molecule has 2 N–H and O–H groups in total. The molecule has 0 amide bonds. The Balaban J connectivity index is 3.11. The van der Waals surface area contributed by atoms with E-state index in [9.17, 15) is 4.79 Å². The lowest BCUT2D eigenvalue weighted by Gasteiger charge is -2.15. The van der Waals surface area contributed by atoms with Gasteiger partial charge in [-0.1, -0.05) is 34.6 Å². The third kappa shape index (κ3) is 2.59. The Hall–Kier alpha value is -0.830. The van der Waals surface area contributed by atoms with E-state index in [2.05, 4.69) is 13.8 Å². The van der Waals surface area contributed by atoms with Crippen LogP contribution in [0.5, 0.6) is 0 Å². The highest BCUT2D eigenvalue weighted by molar-refractivity contribution is 7.16. The minimum atomic E-state index is -0.358. The maximum absolute atomic E-state index is 12.0. The topological polar surface area (TPSA) is 43.1 Å². The molecule has 0 aliphatic heterocycles. The van der Waals surface area contributed by atoms with Crippen LogP contribution >= 0.6 is 11.3 Å². The number of carbonyl (C=O) groups is 1. The third-order valence-corrected chi connectivity index (χ3v) is 3.54. The molecular weight excluding hydrogens is 206 g/mol. The van der Waals surface area contributed by atoms with E-state index >= 15 is 0 Å². The average molecular weight is 225 g/mol. The van der Waals surface area contributed by atoms with E-state index in [0.717, 1.165) is 0 Å². The van der Waals surface area contributed by atoms with Crippen molar-refractivity contribution < 1.29 is 4.79 Å². The molecule has 15 heavy (non-hydrogen) atoms. The van der Waals surface area contributed by atoms with Gasteiger partial charge in [-0.2, -0.15) is 0 Å². The van der Waals surface area contributed by atoms with E-state index in [-0.39, 0.29) is 11.2 Å². The largest absolute Gasteiger partial charge is 0.390 e. The van der Waals surface area contributed by atoms with E-state index in [4.69, 9.17) is 5.73 Å². The second-order valence-corrected chi connectivity index (χ2v) is 6.28. The predicted molar refractivity (Wildman–Crippen MR) is 66.6 cm³/mol. The predicted octanol–water partition coefficient (Wildman–Crippen LogP) is 3.68. The van der Waals surface area contributed by atoms with Gasteiger partial charge in [-0.3, -0.25) is 4.79 Å². The summed E-state index contributed by atoms with van der Waals surface area (Å²) in [7, 11) is 0. The fraction of sp³-hybridized carbons (Fsp3) is 0.583. The van der Waals surface area contributed by atoms with Crippen LogP contribution in [0.1, 0.15) is 55.8 Å². The quantitative estimate of drug-likeness (QED) is 0.780. The molecule has 0 saturated heterocycles. The van der Waals surface area contributed by atoms with Gasteiger partial charge in [0.05, 0.1) is 10.6 Å². The summed E-state index contributed by atoms with van der Waals surface area (Å²) in [5.41, 5.74) is 6.21. The van der Waals surface area contributed by atoms with Gasteiger partial charge in [0.25, 0.3) is 0 Å². The summed E-state index contributed by atoms with van der Waals surface area (Å²) in [4.78, 5) is 13.2. The Labute approximate surface area is 95.5 Å². The number of Topliss-reactive ketones (excluding diaryl/α,β-unsaturated/α-hetero) is 1. The number of hydrogen-bond acceptors (Lipinski definition) is 3. The summed E-state index contributed by atoms with van der Waals surface area (Å²) in [6, 6.07) is 1.94. The SMILES string of the molecule is CC(C)c1cc(C(=O)C(C)(C)C)c(N)s1. The molecule has 2 nitrogen and oxygen atoms in total. The van der Waals surface area contributed by atoms with Gasteiger partial charge in [0.2, 0.25) is 0 Å². The smallest absolute Gasteiger partial charge is 0.171 e. The van der Waals surface area contributed by atoms with Gasteiger partial charge < -0.3 is 5.73 Å². The number of nitrogens with two attached hydrogens (primary N) is 1. The molecule has 1 aromatic heterocycles. The fourth-order valence-corrected chi connectivity index (χ4v) is 2.22. The zero-order chi connectivity index (χ0) is 11.8. The Bertz CT molecular complexity index is 371. The third-order valence-electron chi connectivity index (χ3n) is 2.27. The lowest BCUT2D eigenvalue weighted by Crippen LogP contribution is -2.20. The summed E-state index contributed by atoms with van der Waals surface area (Å²) in [6.45, 7) is 9.97. The number of thiophene rings is 1. The zero-order valence-electron chi connectivity index (χ0n) is 10.0. The number of anilines is 1. The molecule has 1 heterocycles. The molecule has 0 fully saturated rings. The maximum atomic E-state index is 12.0. The van der Waals surface area contributed by atoms with Crippen molar-refractivity contribution in [2.75, 3.05) is 5.73 Å². The second kappa shape index (κ2) is 3.97. The molecule has 0 atom stereocenters. The molecular formula is C12H19NOS. The van der Waals surface area contributed by atoms with Crippen molar-refractivity contribution >= 4 is 22.1 Å². The molecule has 0 aliphatic rings. The molecule has 3 heteroatoms. The molecule has 0 radical (unpaired) electrons. The minimum Gasteiger partial charge on any atom is -0.390 e. The minimum absolute atomic E-state index is 0.128. The van der Waals surface area contributed by atoms with Crippen LogP contribution in [0, 0.1) is 5.41 Å². The number of hydrogen-bond donors (Lipinski definition) is 1. The van der Waals surface area contributed by atoms with Crippen LogP contribution in [0.3, 0.4) is 0 Å². The molecule has 0 unspecified atom stereocenters. The van der Waals surface area contributed by atoms with Crippen molar-refractivity contribution in [1.82, 2.24) is 0 Å². The van der Waals surface area contributed by atoms with Gasteiger partial charge in [-0.25, -0.2) is 0 Å². The summed E-state index contributed by atoms with van der Waals surface area (Å²) >= 11 is 1.52. The van der Waals surface area contributed by atoms with Gasteiger partial charge in [0.1, 0.15) is 0 Å². The summed E-state index contributed by atoms with van der Waals surface area (Å²) < 4.78 is 0. The second-order valence-electron chi connectivity index (χ2n) is 5.16. The standard InChI is InChI=1S/C12H19NOS/c1-7(2)9-6-8(11(13)15-9)10(14)12(3,4)5/h6-7H,13H2,1-5H3. The van der Waals surface area contributed by atoms with Crippen LogP contribution in [0.25, 0.3) is 0 Å². The van der Waals surface area contributed by atoms with Crippen LogP contribution in [-0.2, 0) is 0 Å². The molecule has 0 spiro atoms. The Morgan fingerprint density at radius 1 is 1.40 bits per heavy atom. The molecule has 0 aliphatic carbocycles. The highest BCUT2D eigenvalue weighted by Crippen LogP contribution is 2.34. The van der Waals surface area contributed by atoms with E-state index in [0.29, 0.717) is 16.5 Å². The van der Waals surface area contributed by atoms with Crippen LogP contribution in [0.2, 0.25) is 0 Å². The van der Waals surface area contributed by atoms with Crippen molar-refractivity contribution in [3.05, 3.63) is 16.5 Å². The molecule has 84 valence electrons. The Morgan fingerprint density at radius 2 is 1.93 bits per heavy atom. The number of rotatable bonds is 2. The van der Waals surface area contributed by atoms with Crippen molar-refractivity contribution in [2.24, 2.45) is 5.41 Å². The van der Waals surface area contributed by atoms with Gasteiger partial charge >= 0.3 is 0 Å². The molecule has 0 saturated carbocycles. The average Bonchev–Trinajstić information content (AvgIpc) is 2.44. The fourth-order valence-electron chi connectivity index (χ4n) is 1.29. The highest BCUT2D eigenvalue weighted by atomic mass is 32.1. The van der Waals surface area contributed by atoms with Crippen LogP contribution in [-0.4, -0.2) is 5.78 Å². The number of nitrogen functional groups attached to an aromatic ring is 1. The van der Waals surface area contributed by atoms with E-state index in [1.165, 1.54) is 16.2 Å². The first-order valence-corrected chi connectivity index (χ1v) is 5.99. The normalized spacial score (nSPS) is 12.1. The summed E-state index contributed by atoms with van der Waals surface area (Å²) in [6.07, 6.45) is 0. The maximum Gasteiger partial charge on any atom is 0.171 e.